The first kappa shape index (κ1) is 21.7. The van der Waals surface area contributed by atoms with Crippen LogP contribution < -0.4 is 14.7 Å². The fourth-order valence-corrected chi connectivity index (χ4v) is 4.83. The summed E-state index contributed by atoms with van der Waals surface area (Å²) in [6.45, 7) is 2.65. The molecule has 7 heteroatoms. The minimum atomic E-state index is -0.891. The number of benzene rings is 3. The third-order valence-corrected chi connectivity index (χ3v) is 6.38. The first-order valence-electron chi connectivity index (χ1n) is 11.0. The molecule has 2 amide bonds. The summed E-state index contributed by atoms with van der Waals surface area (Å²) < 4.78 is 6.52. The van der Waals surface area contributed by atoms with Crippen LogP contribution in [0.5, 0.6) is 5.75 Å². The normalized spacial score (nSPS) is 22.1. The molecule has 0 aliphatic carbocycles. The van der Waals surface area contributed by atoms with Crippen LogP contribution in [0.4, 0.5) is 11.4 Å². The van der Waals surface area contributed by atoms with Gasteiger partial charge in [0.05, 0.1) is 24.0 Å². The fourth-order valence-electron chi connectivity index (χ4n) is 4.41. The van der Waals surface area contributed by atoms with Gasteiger partial charge in [0.25, 0.3) is 5.91 Å². The molecule has 0 N–H and O–H groups in total. The van der Waals surface area contributed by atoms with E-state index in [4.69, 9.17) is 9.57 Å². The summed E-state index contributed by atoms with van der Waals surface area (Å²) in [4.78, 5) is 34.5. The Bertz CT molecular complexity index is 1170. The molecule has 33 heavy (non-hydrogen) atoms. The van der Waals surface area contributed by atoms with Gasteiger partial charge in [-0.15, -0.1) is 0 Å². The number of carbonyl (C=O) groups excluding carboxylic acids is 2. The zero-order valence-corrected chi connectivity index (χ0v) is 19.6. The number of fused-ring (bicyclic) bond motifs is 1. The monoisotopic (exact) mass is 506 g/mol. The maximum atomic E-state index is 13.7. The molecule has 2 fully saturated rings. The Labute approximate surface area is 200 Å². The van der Waals surface area contributed by atoms with E-state index in [1.54, 1.807) is 29.3 Å². The molecule has 0 radical (unpaired) electrons. The van der Waals surface area contributed by atoms with E-state index >= 15 is 0 Å². The topological polar surface area (TPSA) is 59.1 Å². The molecular formula is C26H23BrN2O4. The molecule has 3 aromatic rings. The number of carbonyl (C=O) groups is 2. The maximum absolute atomic E-state index is 13.7. The van der Waals surface area contributed by atoms with Gasteiger partial charge in [0.15, 0.2) is 6.10 Å². The molecule has 0 aromatic heterocycles. The Balaban J connectivity index is 1.50. The molecule has 6 nitrogen and oxygen atoms in total. The predicted molar refractivity (Wildman–Crippen MR) is 129 cm³/mol. The number of anilines is 2. The van der Waals surface area contributed by atoms with Crippen molar-refractivity contribution in [3.63, 3.8) is 0 Å². The summed E-state index contributed by atoms with van der Waals surface area (Å²) in [7, 11) is 0. The van der Waals surface area contributed by atoms with Gasteiger partial charge in [0.2, 0.25) is 5.91 Å². The van der Waals surface area contributed by atoms with Gasteiger partial charge in [0.1, 0.15) is 11.7 Å². The Kier molecular flexibility index (Phi) is 5.91. The molecule has 2 aliphatic rings. The molecule has 3 atom stereocenters. The Morgan fingerprint density at radius 1 is 0.909 bits per heavy atom. The van der Waals surface area contributed by atoms with Crippen LogP contribution in [0.25, 0.3) is 0 Å². The van der Waals surface area contributed by atoms with Crippen molar-refractivity contribution in [3.8, 4) is 5.75 Å². The summed E-state index contributed by atoms with van der Waals surface area (Å²) in [5.41, 5.74) is 2.21. The van der Waals surface area contributed by atoms with Gasteiger partial charge in [-0.1, -0.05) is 53.2 Å². The smallest absolute Gasteiger partial charge is 0.266 e. The van der Waals surface area contributed by atoms with Gasteiger partial charge in [-0.2, -0.15) is 0 Å². The number of hydrogen-bond donors (Lipinski definition) is 0. The van der Waals surface area contributed by atoms with Crippen molar-refractivity contribution >= 4 is 39.1 Å². The van der Waals surface area contributed by atoms with Crippen molar-refractivity contribution in [2.24, 2.45) is 5.92 Å². The second-order valence-corrected chi connectivity index (χ2v) is 8.98. The van der Waals surface area contributed by atoms with Crippen LogP contribution in [-0.4, -0.2) is 24.5 Å². The Morgan fingerprint density at radius 3 is 2.36 bits per heavy atom. The number of hydroxylamine groups is 1. The van der Waals surface area contributed by atoms with Gasteiger partial charge in [-0.25, -0.2) is 9.96 Å². The van der Waals surface area contributed by atoms with Gasteiger partial charge in [-0.3, -0.25) is 14.4 Å². The summed E-state index contributed by atoms with van der Waals surface area (Å²) in [5.74, 6) is -0.581. The van der Waals surface area contributed by atoms with Crippen molar-refractivity contribution in [2.45, 2.75) is 25.5 Å². The van der Waals surface area contributed by atoms with E-state index in [2.05, 4.69) is 15.9 Å². The number of amides is 2. The maximum Gasteiger partial charge on any atom is 0.266 e. The van der Waals surface area contributed by atoms with Crippen LogP contribution >= 0.6 is 15.9 Å². The van der Waals surface area contributed by atoms with E-state index in [1.165, 1.54) is 4.90 Å². The fraction of sp³-hybridized carbons (Fsp3) is 0.231. The lowest BCUT2D eigenvalue weighted by atomic mass is 9.90. The van der Waals surface area contributed by atoms with E-state index in [9.17, 15) is 9.59 Å². The molecule has 5 rings (SSSR count). The highest BCUT2D eigenvalue weighted by Crippen LogP contribution is 2.47. The second-order valence-electron chi connectivity index (χ2n) is 8.07. The number of nitrogens with zero attached hydrogens (tertiary/aromatic N) is 2. The molecule has 168 valence electrons. The minimum Gasteiger partial charge on any atom is -0.494 e. The number of ether oxygens (including phenoxy) is 1. The zero-order chi connectivity index (χ0) is 22.9. The van der Waals surface area contributed by atoms with Gasteiger partial charge < -0.3 is 4.74 Å². The van der Waals surface area contributed by atoms with E-state index < -0.39 is 18.1 Å². The van der Waals surface area contributed by atoms with Crippen LogP contribution in [0, 0.1) is 5.92 Å². The highest BCUT2D eigenvalue weighted by atomic mass is 79.9. The van der Waals surface area contributed by atoms with E-state index in [0.29, 0.717) is 18.0 Å². The molecule has 2 aliphatic heterocycles. The summed E-state index contributed by atoms with van der Waals surface area (Å²) in [6, 6.07) is 23.9. The molecule has 2 heterocycles. The van der Waals surface area contributed by atoms with Crippen molar-refractivity contribution in [2.75, 3.05) is 16.6 Å². The largest absolute Gasteiger partial charge is 0.494 e. The van der Waals surface area contributed by atoms with Crippen molar-refractivity contribution < 1.29 is 19.2 Å². The van der Waals surface area contributed by atoms with Crippen molar-refractivity contribution in [1.29, 1.82) is 0 Å². The average Bonchev–Trinajstić information content (AvgIpc) is 3.35. The lowest BCUT2D eigenvalue weighted by Crippen LogP contribution is -2.37. The molecule has 0 spiro atoms. The molecule has 3 aromatic carbocycles. The molecule has 0 saturated carbocycles. The summed E-state index contributed by atoms with van der Waals surface area (Å²) >= 11 is 3.52. The van der Waals surface area contributed by atoms with E-state index in [-0.39, 0.29) is 11.8 Å². The quantitative estimate of drug-likeness (QED) is 0.425. The van der Waals surface area contributed by atoms with Gasteiger partial charge >= 0.3 is 0 Å². The molecule has 2 saturated heterocycles. The number of hydrogen-bond acceptors (Lipinski definition) is 5. The highest BCUT2D eigenvalue weighted by Gasteiger charge is 2.60. The first-order valence-corrected chi connectivity index (χ1v) is 11.7. The standard InChI is InChI=1S/C26H23BrN2O4/c1-2-15-32-21-13-11-19(12-14-21)28-25(30)22-23(17-7-6-8-18(27)16-17)29(33-24(22)26(28)31)20-9-4-3-5-10-20/h3-14,16,22-24H,2,15H2,1H3/t22-,23+,24-/m0/s1. The van der Waals surface area contributed by atoms with Gasteiger partial charge in [0, 0.05) is 4.47 Å². The zero-order valence-electron chi connectivity index (χ0n) is 18.1. The van der Waals surface area contributed by atoms with Gasteiger partial charge in [-0.05, 0) is 60.5 Å². The minimum absolute atomic E-state index is 0.268. The highest BCUT2D eigenvalue weighted by molar-refractivity contribution is 9.10. The lowest BCUT2D eigenvalue weighted by Gasteiger charge is -2.29. The molecular weight excluding hydrogens is 484 g/mol. The van der Waals surface area contributed by atoms with Crippen molar-refractivity contribution in [3.05, 3.63) is 88.9 Å². The van der Waals surface area contributed by atoms with Crippen LogP contribution in [0.3, 0.4) is 0 Å². The molecule has 0 bridgehead atoms. The van der Waals surface area contributed by atoms with E-state index in [0.717, 1.165) is 22.1 Å². The second kappa shape index (κ2) is 9.00. The predicted octanol–water partition coefficient (Wildman–Crippen LogP) is 5.29. The number of rotatable bonds is 6. The average molecular weight is 507 g/mol. The van der Waals surface area contributed by atoms with Crippen LogP contribution in [0.1, 0.15) is 24.9 Å². The number of para-hydroxylation sites is 1. The first-order chi connectivity index (χ1) is 16.1. The van der Waals surface area contributed by atoms with Crippen LogP contribution in [0.15, 0.2) is 83.3 Å². The Morgan fingerprint density at radius 2 is 1.67 bits per heavy atom. The lowest BCUT2D eigenvalue weighted by molar-refractivity contribution is -0.126. The molecule has 0 unspecified atom stereocenters. The summed E-state index contributed by atoms with van der Waals surface area (Å²) in [5, 5.41) is 1.70. The van der Waals surface area contributed by atoms with Crippen LogP contribution in [0.2, 0.25) is 0 Å². The summed E-state index contributed by atoms with van der Waals surface area (Å²) in [6.07, 6.45) is 0.0122. The number of halogens is 1. The van der Waals surface area contributed by atoms with Crippen LogP contribution in [-0.2, 0) is 14.4 Å². The third kappa shape index (κ3) is 3.92. The number of imide groups is 1. The third-order valence-electron chi connectivity index (χ3n) is 5.88. The van der Waals surface area contributed by atoms with E-state index in [1.807, 2.05) is 61.5 Å². The SMILES string of the molecule is CCCOc1ccc(N2C(=O)[C@@H]3[C@H](ON(c4ccccc4)[C@@H]3c3cccc(Br)c3)C2=O)cc1. The van der Waals surface area contributed by atoms with Crippen molar-refractivity contribution in [1.82, 2.24) is 0 Å². The Hall–Kier alpha value is -3.16.